The maximum absolute atomic E-state index is 13.1. The third-order valence-corrected chi connectivity index (χ3v) is 4.94. The summed E-state index contributed by atoms with van der Waals surface area (Å²) in [5, 5.41) is 0.527. The van der Waals surface area contributed by atoms with E-state index in [1.165, 1.54) is 4.90 Å². The topological polar surface area (TPSA) is 88.7 Å². The molecule has 0 spiro atoms. The molecule has 0 saturated heterocycles. The van der Waals surface area contributed by atoms with Crippen molar-refractivity contribution in [1.29, 1.82) is 0 Å². The number of nitrogens with zero attached hydrogens (tertiary/aromatic N) is 1. The van der Waals surface area contributed by atoms with Crippen LogP contribution in [0.2, 0.25) is 5.02 Å². The molecule has 8 heteroatoms. The molecule has 1 aromatic carbocycles. The lowest BCUT2D eigenvalue weighted by molar-refractivity contribution is 0.0519. The second-order valence-electron chi connectivity index (χ2n) is 6.85. The van der Waals surface area contributed by atoms with Crippen molar-refractivity contribution in [3.05, 3.63) is 57.4 Å². The highest BCUT2D eigenvalue weighted by Crippen LogP contribution is 2.20. The monoisotopic (exact) mass is 434 g/mol. The molecule has 1 N–H and O–H groups in total. The summed E-state index contributed by atoms with van der Waals surface area (Å²) in [7, 11) is 1.58. The number of benzene rings is 1. The Hall–Kier alpha value is -2.64. The van der Waals surface area contributed by atoms with Crippen LogP contribution in [0.1, 0.15) is 55.8 Å². The number of hydrogen-bond donors (Lipinski definition) is 1. The average Bonchev–Trinajstić information content (AvgIpc) is 3.01. The first-order chi connectivity index (χ1) is 14.3. The van der Waals surface area contributed by atoms with Gasteiger partial charge in [-0.2, -0.15) is 0 Å². The maximum atomic E-state index is 13.1. The van der Waals surface area contributed by atoms with Crippen LogP contribution in [-0.4, -0.2) is 61.0 Å². The van der Waals surface area contributed by atoms with Gasteiger partial charge in [0.1, 0.15) is 5.69 Å². The minimum Gasteiger partial charge on any atom is -0.461 e. The molecule has 0 aliphatic rings. The second kappa shape index (κ2) is 10.9. The lowest BCUT2D eigenvalue weighted by Crippen LogP contribution is -2.37. The van der Waals surface area contributed by atoms with Crippen LogP contribution in [0.5, 0.6) is 0 Å². The number of rotatable bonds is 10. The summed E-state index contributed by atoms with van der Waals surface area (Å²) in [5.74, 6) is -1.03. The molecular weight excluding hydrogens is 408 g/mol. The number of hydrogen-bond acceptors (Lipinski definition) is 5. The number of Topliss-reactive ketones (excluding diaryl/α,β-unsaturated/α-hetero) is 1. The first-order valence-corrected chi connectivity index (χ1v) is 10.1. The number of halogens is 1. The van der Waals surface area contributed by atoms with Gasteiger partial charge in [-0.05, 0) is 57.0 Å². The van der Waals surface area contributed by atoms with Gasteiger partial charge in [0.2, 0.25) is 0 Å². The highest BCUT2D eigenvalue weighted by atomic mass is 35.5. The summed E-state index contributed by atoms with van der Waals surface area (Å²) in [4.78, 5) is 42.6. The Bertz CT molecular complexity index is 905. The van der Waals surface area contributed by atoms with E-state index in [1.54, 1.807) is 52.1 Å². The highest BCUT2D eigenvalue weighted by molar-refractivity contribution is 6.30. The molecule has 0 saturated carbocycles. The zero-order valence-corrected chi connectivity index (χ0v) is 18.5. The number of H-pyrrole nitrogens is 1. The quantitative estimate of drug-likeness (QED) is 0.349. The normalized spacial score (nSPS) is 10.7. The lowest BCUT2D eigenvalue weighted by Gasteiger charge is -2.22. The summed E-state index contributed by atoms with van der Waals surface area (Å²) >= 11 is 5.91. The van der Waals surface area contributed by atoms with Gasteiger partial charge in [0.25, 0.3) is 5.91 Å². The fourth-order valence-electron chi connectivity index (χ4n) is 3.26. The van der Waals surface area contributed by atoms with Gasteiger partial charge in [-0.15, -0.1) is 0 Å². The number of aromatic amines is 1. The van der Waals surface area contributed by atoms with Gasteiger partial charge < -0.3 is 19.4 Å². The van der Waals surface area contributed by atoms with E-state index >= 15 is 0 Å². The minimum atomic E-state index is -0.508. The SMILES string of the molecule is CCOC(=O)c1[nH]c(C)c(C(=O)CN(CCCOC)C(=O)c2ccc(Cl)cc2)c1C. The summed E-state index contributed by atoms with van der Waals surface area (Å²) in [5.41, 5.74) is 2.19. The standard InChI is InChI=1S/C22H27ClN2O5/c1-5-30-22(28)20-14(2)19(15(3)24-20)18(26)13-25(11-6-12-29-4)21(27)16-7-9-17(23)10-8-16/h7-10,24H,5-6,11-13H2,1-4H3. The fraction of sp³-hybridized carbons (Fsp3) is 0.409. The van der Waals surface area contributed by atoms with Crippen LogP contribution in [0.15, 0.2) is 24.3 Å². The van der Waals surface area contributed by atoms with Crippen LogP contribution in [0.3, 0.4) is 0 Å². The van der Waals surface area contributed by atoms with Crippen LogP contribution >= 0.6 is 11.6 Å². The summed E-state index contributed by atoms with van der Waals surface area (Å²) in [6, 6.07) is 6.53. The molecule has 0 aliphatic carbocycles. The van der Waals surface area contributed by atoms with E-state index < -0.39 is 5.97 Å². The number of esters is 1. The van der Waals surface area contributed by atoms with Crippen LogP contribution in [-0.2, 0) is 9.47 Å². The maximum Gasteiger partial charge on any atom is 0.355 e. The number of methoxy groups -OCH3 is 1. The number of ketones is 1. The third-order valence-electron chi connectivity index (χ3n) is 4.69. The third kappa shape index (κ3) is 5.70. The number of carbonyl (C=O) groups is 3. The molecule has 1 heterocycles. The van der Waals surface area contributed by atoms with Gasteiger partial charge in [0.15, 0.2) is 5.78 Å². The van der Waals surface area contributed by atoms with Gasteiger partial charge in [-0.25, -0.2) is 4.79 Å². The number of aryl methyl sites for hydroxylation is 1. The Morgan fingerprint density at radius 3 is 2.40 bits per heavy atom. The van der Waals surface area contributed by atoms with E-state index in [-0.39, 0.29) is 30.5 Å². The van der Waals surface area contributed by atoms with Crippen molar-refractivity contribution < 1.29 is 23.9 Å². The van der Waals surface area contributed by atoms with Crippen LogP contribution < -0.4 is 0 Å². The van der Waals surface area contributed by atoms with Gasteiger partial charge >= 0.3 is 5.97 Å². The molecule has 162 valence electrons. The van der Waals surface area contributed by atoms with E-state index in [0.717, 1.165) is 0 Å². The van der Waals surface area contributed by atoms with Crippen molar-refractivity contribution in [1.82, 2.24) is 9.88 Å². The van der Waals surface area contributed by atoms with Crippen molar-refractivity contribution in [3.63, 3.8) is 0 Å². The van der Waals surface area contributed by atoms with Crippen molar-refractivity contribution in [3.8, 4) is 0 Å². The largest absolute Gasteiger partial charge is 0.461 e. The number of aromatic nitrogens is 1. The average molecular weight is 435 g/mol. The summed E-state index contributed by atoms with van der Waals surface area (Å²) in [6.07, 6.45) is 0.586. The van der Waals surface area contributed by atoms with E-state index in [9.17, 15) is 14.4 Å². The van der Waals surface area contributed by atoms with Gasteiger partial charge in [-0.3, -0.25) is 9.59 Å². The van der Waals surface area contributed by atoms with Crippen molar-refractivity contribution in [2.75, 3.05) is 33.4 Å². The molecule has 0 unspecified atom stereocenters. The molecule has 7 nitrogen and oxygen atoms in total. The van der Waals surface area contributed by atoms with Gasteiger partial charge in [-0.1, -0.05) is 11.6 Å². The first kappa shape index (κ1) is 23.6. The molecule has 0 aliphatic heterocycles. The predicted molar refractivity (Wildman–Crippen MR) is 114 cm³/mol. The Kier molecular flexibility index (Phi) is 8.62. The second-order valence-corrected chi connectivity index (χ2v) is 7.29. The number of ether oxygens (including phenoxy) is 2. The lowest BCUT2D eigenvalue weighted by atomic mass is 10.0. The molecule has 2 aromatic rings. The molecule has 0 fully saturated rings. The Morgan fingerprint density at radius 2 is 1.80 bits per heavy atom. The highest BCUT2D eigenvalue weighted by Gasteiger charge is 2.26. The molecular formula is C22H27ClN2O5. The van der Waals surface area contributed by atoms with Crippen molar-refractivity contribution >= 4 is 29.3 Å². The molecule has 0 atom stereocenters. The number of nitrogens with one attached hydrogen (secondary N) is 1. The predicted octanol–water partition coefficient (Wildman–Crippen LogP) is 3.82. The summed E-state index contributed by atoms with van der Waals surface area (Å²) < 4.78 is 10.1. The van der Waals surface area contributed by atoms with Crippen LogP contribution in [0.4, 0.5) is 0 Å². The van der Waals surface area contributed by atoms with E-state index in [4.69, 9.17) is 21.1 Å². The molecule has 1 aromatic heterocycles. The van der Waals surface area contributed by atoms with E-state index in [0.29, 0.717) is 47.0 Å². The first-order valence-electron chi connectivity index (χ1n) is 9.73. The smallest absolute Gasteiger partial charge is 0.355 e. The molecule has 30 heavy (non-hydrogen) atoms. The fourth-order valence-corrected chi connectivity index (χ4v) is 3.38. The molecule has 0 bridgehead atoms. The Labute approximate surface area is 181 Å². The molecule has 0 radical (unpaired) electrons. The van der Waals surface area contributed by atoms with Crippen molar-refractivity contribution in [2.24, 2.45) is 0 Å². The summed E-state index contributed by atoms with van der Waals surface area (Å²) in [6.45, 7) is 6.07. The van der Waals surface area contributed by atoms with Crippen LogP contribution in [0, 0.1) is 13.8 Å². The van der Waals surface area contributed by atoms with Gasteiger partial charge in [0, 0.05) is 42.1 Å². The van der Waals surface area contributed by atoms with Crippen LogP contribution in [0.25, 0.3) is 0 Å². The number of amides is 1. The number of carbonyl (C=O) groups excluding carboxylic acids is 3. The molecule has 2 rings (SSSR count). The minimum absolute atomic E-state index is 0.118. The zero-order chi connectivity index (χ0) is 22.3. The Balaban J connectivity index is 2.26. The van der Waals surface area contributed by atoms with Crippen molar-refractivity contribution in [2.45, 2.75) is 27.2 Å². The molecule has 1 amide bonds. The Morgan fingerprint density at radius 1 is 1.13 bits per heavy atom. The zero-order valence-electron chi connectivity index (χ0n) is 17.7. The van der Waals surface area contributed by atoms with E-state index in [1.807, 2.05) is 0 Å². The van der Waals surface area contributed by atoms with Gasteiger partial charge in [0.05, 0.1) is 13.2 Å². The van der Waals surface area contributed by atoms with E-state index in [2.05, 4.69) is 4.98 Å².